The standard InChI is InChI=1S/C17H25N5O3/c1-3-20-12-13(4-5-15(20)23)17(25)22-8-6-21(7-9-22)14-10-16(24)19(2)18-11-14/h10-11,13H,3-9,12H2,1-2H3/t13-/m0/s1. The summed E-state index contributed by atoms with van der Waals surface area (Å²) < 4.78 is 1.30. The molecule has 2 aliphatic rings. The van der Waals surface area contributed by atoms with Crippen LogP contribution in [0.5, 0.6) is 0 Å². The Morgan fingerprint density at radius 2 is 1.96 bits per heavy atom. The molecule has 136 valence electrons. The highest BCUT2D eigenvalue weighted by atomic mass is 16.2. The highest BCUT2D eigenvalue weighted by Gasteiger charge is 2.33. The van der Waals surface area contributed by atoms with Crippen LogP contribution in [0.4, 0.5) is 5.69 Å². The van der Waals surface area contributed by atoms with Crippen LogP contribution in [0.3, 0.4) is 0 Å². The molecule has 8 heteroatoms. The van der Waals surface area contributed by atoms with E-state index in [4.69, 9.17) is 0 Å². The molecule has 2 amide bonds. The molecule has 2 saturated heterocycles. The van der Waals surface area contributed by atoms with Crippen LogP contribution in [0.2, 0.25) is 0 Å². The van der Waals surface area contributed by atoms with Crippen LogP contribution in [0.15, 0.2) is 17.1 Å². The number of nitrogens with zero attached hydrogens (tertiary/aromatic N) is 5. The number of aromatic nitrogens is 2. The Hall–Kier alpha value is -2.38. The van der Waals surface area contributed by atoms with Crippen molar-refractivity contribution in [1.29, 1.82) is 0 Å². The lowest BCUT2D eigenvalue weighted by Gasteiger charge is -2.39. The second-order valence-electron chi connectivity index (χ2n) is 6.66. The zero-order valence-corrected chi connectivity index (χ0v) is 14.8. The molecule has 0 unspecified atom stereocenters. The van der Waals surface area contributed by atoms with Crippen LogP contribution in [0.25, 0.3) is 0 Å². The molecule has 0 saturated carbocycles. The number of piperidine rings is 1. The van der Waals surface area contributed by atoms with E-state index in [1.54, 1.807) is 24.2 Å². The molecule has 0 N–H and O–H groups in total. The van der Waals surface area contributed by atoms with E-state index in [0.29, 0.717) is 52.1 Å². The summed E-state index contributed by atoms with van der Waals surface area (Å²) in [7, 11) is 1.62. The van der Waals surface area contributed by atoms with E-state index >= 15 is 0 Å². The average molecular weight is 347 g/mol. The third-order valence-corrected chi connectivity index (χ3v) is 5.14. The Morgan fingerprint density at radius 1 is 1.24 bits per heavy atom. The first-order chi connectivity index (χ1) is 12.0. The molecular formula is C17H25N5O3. The minimum Gasteiger partial charge on any atom is -0.367 e. The minimum absolute atomic E-state index is 0.0881. The molecular weight excluding hydrogens is 322 g/mol. The summed E-state index contributed by atoms with van der Waals surface area (Å²) in [5.41, 5.74) is 0.665. The van der Waals surface area contributed by atoms with Crippen LogP contribution in [-0.4, -0.2) is 70.7 Å². The van der Waals surface area contributed by atoms with Gasteiger partial charge < -0.3 is 14.7 Å². The third-order valence-electron chi connectivity index (χ3n) is 5.14. The van der Waals surface area contributed by atoms with Crippen molar-refractivity contribution in [3.8, 4) is 0 Å². The van der Waals surface area contributed by atoms with Gasteiger partial charge in [0, 0.05) is 58.8 Å². The fourth-order valence-electron chi connectivity index (χ4n) is 3.50. The molecule has 0 bridgehead atoms. The first kappa shape index (κ1) is 17.4. The topological polar surface area (TPSA) is 78.8 Å². The molecule has 25 heavy (non-hydrogen) atoms. The van der Waals surface area contributed by atoms with E-state index in [-0.39, 0.29) is 23.3 Å². The first-order valence-electron chi connectivity index (χ1n) is 8.84. The largest absolute Gasteiger partial charge is 0.367 e. The lowest BCUT2D eigenvalue weighted by Crippen LogP contribution is -2.53. The van der Waals surface area contributed by atoms with Gasteiger partial charge >= 0.3 is 0 Å². The highest BCUT2D eigenvalue weighted by Crippen LogP contribution is 2.21. The van der Waals surface area contributed by atoms with Crippen molar-refractivity contribution in [3.63, 3.8) is 0 Å². The number of carbonyl (C=O) groups is 2. The van der Waals surface area contributed by atoms with Gasteiger partial charge in [-0.3, -0.25) is 14.4 Å². The van der Waals surface area contributed by atoms with Crippen molar-refractivity contribution in [3.05, 3.63) is 22.6 Å². The monoisotopic (exact) mass is 347 g/mol. The molecule has 3 heterocycles. The summed E-state index contributed by atoms with van der Waals surface area (Å²) in [6.07, 6.45) is 2.79. The second-order valence-corrected chi connectivity index (χ2v) is 6.66. The smallest absolute Gasteiger partial charge is 0.268 e. The molecule has 0 aromatic carbocycles. The predicted octanol–water partition coefficient (Wildman–Crippen LogP) is -0.313. The van der Waals surface area contributed by atoms with Gasteiger partial charge in [-0.15, -0.1) is 0 Å². The number of rotatable bonds is 3. The number of piperazine rings is 1. The van der Waals surface area contributed by atoms with Crippen LogP contribution in [-0.2, 0) is 16.6 Å². The lowest BCUT2D eigenvalue weighted by molar-refractivity contribution is -0.143. The fourth-order valence-corrected chi connectivity index (χ4v) is 3.50. The molecule has 2 aliphatic heterocycles. The Balaban J connectivity index is 1.58. The van der Waals surface area contributed by atoms with E-state index in [1.165, 1.54) is 4.68 Å². The quantitative estimate of drug-likeness (QED) is 0.749. The summed E-state index contributed by atoms with van der Waals surface area (Å²) in [5.74, 6) is 0.206. The SMILES string of the molecule is CCN1C[C@@H](C(=O)N2CCN(c3cnn(C)c(=O)c3)CC2)CCC1=O. The van der Waals surface area contributed by atoms with Gasteiger partial charge in [0.2, 0.25) is 11.8 Å². The number of likely N-dealkylation sites (tertiary alicyclic amines) is 1. The summed E-state index contributed by atoms with van der Waals surface area (Å²) in [6, 6.07) is 1.58. The Labute approximate surface area is 147 Å². The van der Waals surface area contributed by atoms with Gasteiger partial charge in [0.1, 0.15) is 0 Å². The molecule has 1 aromatic heterocycles. The maximum absolute atomic E-state index is 12.8. The van der Waals surface area contributed by atoms with Crippen molar-refractivity contribution < 1.29 is 9.59 Å². The van der Waals surface area contributed by atoms with E-state index in [9.17, 15) is 14.4 Å². The van der Waals surface area contributed by atoms with E-state index < -0.39 is 0 Å². The van der Waals surface area contributed by atoms with Crippen LogP contribution < -0.4 is 10.5 Å². The van der Waals surface area contributed by atoms with Gasteiger partial charge in [-0.05, 0) is 13.3 Å². The van der Waals surface area contributed by atoms with Gasteiger partial charge in [0.05, 0.1) is 17.8 Å². The van der Waals surface area contributed by atoms with Crippen LogP contribution in [0, 0.1) is 5.92 Å². The first-order valence-corrected chi connectivity index (χ1v) is 8.84. The van der Waals surface area contributed by atoms with Crippen molar-refractivity contribution >= 4 is 17.5 Å². The van der Waals surface area contributed by atoms with E-state index in [2.05, 4.69) is 10.00 Å². The summed E-state index contributed by atoms with van der Waals surface area (Å²) in [6.45, 7) is 5.77. The molecule has 0 spiro atoms. The highest BCUT2D eigenvalue weighted by molar-refractivity contribution is 5.84. The van der Waals surface area contributed by atoms with Crippen molar-refractivity contribution in [2.45, 2.75) is 19.8 Å². The van der Waals surface area contributed by atoms with Gasteiger partial charge in [0.15, 0.2) is 0 Å². The zero-order chi connectivity index (χ0) is 18.0. The maximum Gasteiger partial charge on any atom is 0.268 e. The molecule has 0 aliphatic carbocycles. The zero-order valence-electron chi connectivity index (χ0n) is 14.8. The van der Waals surface area contributed by atoms with Gasteiger partial charge in [0.25, 0.3) is 5.56 Å². The molecule has 3 rings (SSSR count). The number of hydrogen-bond acceptors (Lipinski definition) is 5. The summed E-state index contributed by atoms with van der Waals surface area (Å²) in [5, 5.41) is 4.05. The molecule has 1 atom stereocenters. The van der Waals surface area contributed by atoms with E-state index in [1.807, 2.05) is 11.8 Å². The maximum atomic E-state index is 12.8. The Morgan fingerprint density at radius 3 is 2.60 bits per heavy atom. The van der Waals surface area contributed by atoms with Crippen molar-refractivity contribution in [1.82, 2.24) is 19.6 Å². The second kappa shape index (κ2) is 7.25. The number of hydrogen-bond donors (Lipinski definition) is 0. The predicted molar refractivity (Wildman–Crippen MR) is 93.2 cm³/mol. The van der Waals surface area contributed by atoms with Crippen molar-refractivity contribution in [2.24, 2.45) is 13.0 Å². The van der Waals surface area contributed by atoms with Gasteiger partial charge in [-0.25, -0.2) is 4.68 Å². The number of carbonyl (C=O) groups excluding carboxylic acids is 2. The van der Waals surface area contributed by atoms with Gasteiger partial charge in [-0.1, -0.05) is 0 Å². The molecule has 8 nitrogen and oxygen atoms in total. The third kappa shape index (κ3) is 3.67. The van der Waals surface area contributed by atoms with Crippen LogP contribution in [0.1, 0.15) is 19.8 Å². The molecule has 2 fully saturated rings. The molecule has 1 aromatic rings. The average Bonchev–Trinajstić information content (AvgIpc) is 2.64. The summed E-state index contributed by atoms with van der Waals surface area (Å²) in [4.78, 5) is 42.0. The number of anilines is 1. The Kier molecular flexibility index (Phi) is 5.06. The number of amides is 2. The van der Waals surface area contributed by atoms with E-state index in [0.717, 1.165) is 5.69 Å². The number of aryl methyl sites for hydroxylation is 1. The minimum atomic E-state index is -0.137. The lowest BCUT2D eigenvalue weighted by atomic mass is 9.95. The summed E-state index contributed by atoms with van der Waals surface area (Å²) >= 11 is 0. The normalized spacial score (nSPS) is 21.6. The van der Waals surface area contributed by atoms with Crippen molar-refractivity contribution in [2.75, 3.05) is 44.2 Å². The Bertz CT molecular complexity index is 708. The fraction of sp³-hybridized carbons (Fsp3) is 0.647. The van der Waals surface area contributed by atoms with Crippen LogP contribution >= 0.6 is 0 Å². The molecule has 0 radical (unpaired) electrons. The van der Waals surface area contributed by atoms with Gasteiger partial charge in [-0.2, -0.15) is 5.10 Å².